The smallest absolute Gasteiger partial charge is 0.305 e. The Labute approximate surface area is 132 Å². The first-order chi connectivity index (χ1) is 10.1. The van der Waals surface area contributed by atoms with Gasteiger partial charge in [0.25, 0.3) is 5.91 Å². The van der Waals surface area contributed by atoms with Gasteiger partial charge in [0.15, 0.2) is 0 Å². The summed E-state index contributed by atoms with van der Waals surface area (Å²) >= 11 is 0. The van der Waals surface area contributed by atoms with Gasteiger partial charge in [-0.05, 0) is 39.7 Å². The summed E-state index contributed by atoms with van der Waals surface area (Å²) in [6, 6.07) is 2.20. The first-order valence-electron chi connectivity index (χ1n) is 7.84. The van der Waals surface area contributed by atoms with Crippen LogP contribution in [0.25, 0.3) is 0 Å². The molecular weight excluding hydrogens is 280 g/mol. The van der Waals surface area contributed by atoms with Crippen molar-refractivity contribution in [2.75, 3.05) is 13.1 Å². The summed E-state index contributed by atoms with van der Waals surface area (Å²) in [7, 11) is 0. The molecule has 1 amide bonds. The molecule has 0 fully saturated rings. The zero-order valence-corrected chi connectivity index (χ0v) is 14.5. The van der Waals surface area contributed by atoms with E-state index >= 15 is 0 Å². The van der Waals surface area contributed by atoms with Gasteiger partial charge >= 0.3 is 5.97 Å². The molecule has 0 unspecified atom stereocenters. The minimum atomic E-state index is -0.880. The number of amides is 1. The van der Waals surface area contributed by atoms with Crippen LogP contribution >= 0.6 is 0 Å². The molecule has 1 aromatic rings. The maximum Gasteiger partial charge on any atom is 0.305 e. The molecule has 1 N–H and O–H groups in total. The highest BCUT2D eigenvalue weighted by Gasteiger charge is 2.23. The Morgan fingerprint density at radius 3 is 2.23 bits per heavy atom. The molecule has 0 aromatic carbocycles. The number of aliphatic carboxylic acids is 1. The molecule has 124 valence electrons. The number of carboxylic acids is 1. The van der Waals surface area contributed by atoms with Crippen LogP contribution in [0.2, 0.25) is 0 Å². The summed E-state index contributed by atoms with van der Waals surface area (Å²) in [6.45, 7) is 13.0. The van der Waals surface area contributed by atoms with Gasteiger partial charge in [-0.25, -0.2) is 0 Å². The Morgan fingerprint density at radius 1 is 1.23 bits per heavy atom. The number of nitrogens with zero attached hydrogens (tertiary/aromatic N) is 2. The Kier molecular flexibility index (Phi) is 6.21. The lowest BCUT2D eigenvalue weighted by Gasteiger charge is -2.24. The number of hydrogen-bond acceptors (Lipinski definition) is 2. The van der Waals surface area contributed by atoms with Crippen LogP contribution < -0.4 is 0 Å². The first-order valence-corrected chi connectivity index (χ1v) is 7.84. The summed E-state index contributed by atoms with van der Waals surface area (Å²) in [6.07, 6.45) is -0.0264. The van der Waals surface area contributed by atoms with Gasteiger partial charge in [0.05, 0.1) is 12.0 Å². The van der Waals surface area contributed by atoms with Gasteiger partial charge in [-0.15, -0.1) is 0 Å². The molecule has 0 spiro atoms. The van der Waals surface area contributed by atoms with Crippen LogP contribution in [-0.4, -0.2) is 39.5 Å². The molecule has 0 aliphatic rings. The van der Waals surface area contributed by atoms with Crippen LogP contribution in [0.1, 0.15) is 61.9 Å². The van der Waals surface area contributed by atoms with Gasteiger partial charge in [-0.2, -0.15) is 0 Å². The summed E-state index contributed by atoms with van der Waals surface area (Å²) < 4.78 is 2.14. The fourth-order valence-electron chi connectivity index (χ4n) is 2.91. The molecular formula is C17H28N2O3. The van der Waals surface area contributed by atoms with E-state index in [0.29, 0.717) is 24.1 Å². The van der Waals surface area contributed by atoms with Crippen molar-refractivity contribution in [1.29, 1.82) is 0 Å². The van der Waals surface area contributed by atoms with Crippen LogP contribution in [-0.2, 0) is 4.79 Å². The predicted molar refractivity (Wildman–Crippen MR) is 87.3 cm³/mol. The summed E-state index contributed by atoms with van der Waals surface area (Å²) in [5.41, 5.74) is 2.68. The predicted octanol–water partition coefficient (Wildman–Crippen LogP) is 3.26. The van der Waals surface area contributed by atoms with Crippen molar-refractivity contribution in [3.05, 3.63) is 23.0 Å². The molecule has 0 aliphatic carbocycles. The third-order valence-electron chi connectivity index (χ3n) is 3.70. The lowest BCUT2D eigenvalue weighted by atomic mass is 10.1. The third-order valence-corrected chi connectivity index (χ3v) is 3.70. The SMILES string of the molecule is Cc1cc(C(=O)N(CCC(=O)O)CC(C)C)c(C)n1C(C)C. The standard InChI is InChI=1S/C17H28N2O3/c1-11(2)10-18(8-7-16(20)21)17(22)15-9-13(5)19(12(3)4)14(15)6/h9,11-12H,7-8,10H2,1-6H3,(H,20,21). The Hall–Kier alpha value is -1.78. The zero-order chi connectivity index (χ0) is 17.0. The number of carbonyl (C=O) groups is 2. The van der Waals surface area contributed by atoms with Crippen molar-refractivity contribution in [3.63, 3.8) is 0 Å². The normalized spacial score (nSPS) is 11.3. The molecule has 0 aliphatic heterocycles. The minimum Gasteiger partial charge on any atom is -0.481 e. The number of hydrogen-bond donors (Lipinski definition) is 1. The lowest BCUT2D eigenvalue weighted by molar-refractivity contribution is -0.137. The topological polar surface area (TPSA) is 62.5 Å². The second-order valence-electron chi connectivity index (χ2n) is 6.54. The monoisotopic (exact) mass is 308 g/mol. The third kappa shape index (κ3) is 4.36. The number of aryl methyl sites for hydroxylation is 1. The number of carbonyl (C=O) groups excluding carboxylic acids is 1. The highest BCUT2D eigenvalue weighted by atomic mass is 16.4. The van der Waals surface area contributed by atoms with E-state index in [2.05, 4.69) is 18.4 Å². The van der Waals surface area contributed by atoms with Gasteiger partial charge in [-0.1, -0.05) is 13.8 Å². The molecule has 1 rings (SSSR count). The van der Waals surface area contributed by atoms with E-state index in [0.717, 1.165) is 11.4 Å². The number of rotatable bonds is 7. The van der Waals surface area contributed by atoms with Crippen LogP contribution in [0.15, 0.2) is 6.07 Å². The molecule has 0 bridgehead atoms. The van der Waals surface area contributed by atoms with Gasteiger partial charge in [0.1, 0.15) is 0 Å². The van der Waals surface area contributed by atoms with Gasteiger partial charge in [0.2, 0.25) is 0 Å². The second-order valence-corrected chi connectivity index (χ2v) is 6.54. The van der Waals surface area contributed by atoms with Crippen LogP contribution in [0.3, 0.4) is 0 Å². The molecule has 1 heterocycles. The highest BCUT2D eigenvalue weighted by molar-refractivity contribution is 5.96. The Balaban J connectivity index is 3.08. The maximum atomic E-state index is 12.8. The van der Waals surface area contributed by atoms with Crippen molar-refractivity contribution in [3.8, 4) is 0 Å². The van der Waals surface area contributed by atoms with E-state index in [1.165, 1.54) is 0 Å². The number of aromatic nitrogens is 1. The van der Waals surface area contributed by atoms with E-state index < -0.39 is 5.97 Å². The summed E-state index contributed by atoms with van der Waals surface area (Å²) in [5, 5.41) is 8.88. The van der Waals surface area contributed by atoms with Gasteiger partial charge < -0.3 is 14.6 Å². The second kappa shape index (κ2) is 7.47. The summed E-state index contributed by atoms with van der Waals surface area (Å²) in [5.74, 6) is -0.657. The molecule has 0 radical (unpaired) electrons. The van der Waals surface area contributed by atoms with Gasteiger partial charge in [-0.3, -0.25) is 9.59 Å². The van der Waals surface area contributed by atoms with Crippen molar-refractivity contribution in [1.82, 2.24) is 9.47 Å². The largest absolute Gasteiger partial charge is 0.481 e. The van der Waals surface area contributed by atoms with E-state index in [4.69, 9.17) is 5.11 Å². The van der Waals surface area contributed by atoms with Gasteiger partial charge in [0, 0.05) is 30.5 Å². The average Bonchev–Trinajstić information content (AvgIpc) is 2.68. The van der Waals surface area contributed by atoms with Crippen LogP contribution in [0, 0.1) is 19.8 Å². The molecule has 0 saturated heterocycles. The minimum absolute atomic E-state index is 0.0264. The maximum absolute atomic E-state index is 12.8. The van der Waals surface area contributed by atoms with E-state index in [-0.39, 0.29) is 18.9 Å². The van der Waals surface area contributed by atoms with Crippen molar-refractivity contribution in [2.45, 2.75) is 54.0 Å². The molecule has 5 nitrogen and oxygen atoms in total. The lowest BCUT2D eigenvalue weighted by Crippen LogP contribution is -2.36. The summed E-state index contributed by atoms with van der Waals surface area (Å²) in [4.78, 5) is 25.3. The molecule has 0 saturated carbocycles. The van der Waals surface area contributed by atoms with E-state index in [1.54, 1.807) is 4.90 Å². The van der Waals surface area contributed by atoms with Crippen molar-refractivity contribution < 1.29 is 14.7 Å². The molecule has 1 aromatic heterocycles. The highest BCUT2D eigenvalue weighted by Crippen LogP contribution is 2.22. The first kappa shape index (κ1) is 18.3. The van der Waals surface area contributed by atoms with E-state index in [1.807, 2.05) is 33.8 Å². The van der Waals surface area contributed by atoms with E-state index in [9.17, 15) is 9.59 Å². The Morgan fingerprint density at radius 2 is 1.82 bits per heavy atom. The fourth-order valence-corrected chi connectivity index (χ4v) is 2.91. The van der Waals surface area contributed by atoms with Crippen LogP contribution in [0.4, 0.5) is 0 Å². The van der Waals surface area contributed by atoms with Crippen molar-refractivity contribution >= 4 is 11.9 Å². The molecule has 0 atom stereocenters. The number of carboxylic acid groups (broad SMARTS) is 1. The average molecular weight is 308 g/mol. The quantitative estimate of drug-likeness (QED) is 0.841. The van der Waals surface area contributed by atoms with Crippen LogP contribution in [0.5, 0.6) is 0 Å². The van der Waals surface area contributed by atoms with Crippen molar-refractivity contribution in [2.24, 2.45) is 5.92 Å². The molecule has 5 heteroatoms. The fraction of sp³-hybridized carbons (Fsp3) is 0.647. The molecule has 22 heavy (non-hydrogen) atoms. The Bertz CT molecular complexity index is 544. The zero-order valence-electron chi connectivity index (χ0n) is 14.5.